The normalized spacial score (nSPS) is 20.5. The van der Waals surface area contributed by atoms with Gasteiger partial charge in [-0.05, 0) is 13.3 Å². The van der Waals surface area contributed by atoms with E-state index in [1.807, 2.05) is 6.92 Å². The summed E-state index contributed by atoms with van der Waals surface area (Å²) in [5, 5.41) is 5.72. The Kier molecular flexibility index (Phi) is 6.96. The Morgan fingerprint density at radius 3 is 2.77 bits per heavy atom. The van der Waals surface area contributed by atoms with Crippen LogP contribution in [0.5, 0.6) is 0 Å². The van der Waals surface area contributed by atoms with Gasteiger partial charge < -0.3 is 15.6 Å². The molecule has 0 aliphatic carbocycles. The van der Waals surface area contributed by atoms with E-state index in [2.05, 4.69) is 20.6 Å². The maximum atomic E-state index is 13.0. The monoisotopic (exact) mass is 332 g/mol. The number of hydrogen-bond donors (Lipinski definition) is 3. The number of hydrogen-bond acceptors (Lipinski definition) is 4. The number of aryl methyl sites for hydroxylation is 2. The lowest BCUT2D eigenvalue weighted by Gasteiger charge is -2.11. The highest BCUT2D eigenvalue weighted by atomic mass is 35.5. The van der Waals surface area contributed by atoms with Gasteiger partial charge in [-0.15, -0.1) is 12.4 Å². The van der Waals surface area contributed by atoms with Crippen molar-refractivity contribution in [3.05, 3.63) is 27.4 Å². The molecule has 1 aromatic heterocycles. The molecule has 1 aliphatic rings. The molecule has 0 unspecified atom stereocenters. The second-order valence-corrected chi connectivity index (χ2v) is 5.35. The highest BCUT2D eigenvalue weighted by molar-refractivity contribution is 5.85. The zero-order chi connectivity index (χ0) is 15.4. The summed E-state index contributed by atoms with van der Waals surface area (Å²) in [6, 6.07) is -0.0380. The van der Waals surface area contributed by atoms with Gasteiger partial charge in [0, 0.05) is 36.8 Å². The van der Waals surface area contributed by atoms with Crippen LogP contribution in [0.25, 0.3) is 0 Å². The van der Waals surface area contributed by atoms with E-state index in [1.54, 1.807) is 6.92 Å². The molecule has 0 aromatic carbocycles. The third-order valence-electron chi connectivity index (χ3n) is 3.66. The lowest BCUT2D eigenvalue weighted by Crippen LogP contribution is -2.38. The Bertz CT molecular complexity index is 578. The molecule has 2 heterocycles. The van der Waals surface area contributed by atoms with E-state index in [-0.39, 0.29) is 36.3 Å². The summed E-state index contributed by atoms with van der Waals surface area (Å²) in [4.78, 5) is 30.7. The summed E-state index contributed by atoms with van der Waals surface area (Å²) < 4.78 is 13.0. The van der Waals surface area contributed by atoms with Crippen LogP contribution in [-0.4, -0.2) is 41.2 Å². The van der Waals surface area contributed by atoms with Crippen LogP contribution in [0.1, 0.15) is 30.4 Å². The van der Waals surface area contributed by atoms with Gasteiger partial charge in [0.05, 0.1) is 6.42 Å². The fourth-order valence-corrected chi connectivity index (χ4v) is 2.43. The number of rotatable bonds is 5. The first kappa shape index (κ1) is 18.6. The molecule has 0 radical (unpaired) electrons. The zero-order valence-electron chi connectivity index (χ0n) is 12.7. The molecule has 2 rings (SSSR count). The van der Waals surface area contributed by atoms with Crippen molar-refractivity contribution < 1.29 is 9.18 Å². The van der Waals surface area contributed by atoms with Gasteiger partial charge in [-0.2, -0.15) is 0 Å². The SMILES string of the molecule is CCc1nc(C)c(CC(=O)NC[C@@H]2C[C@H](F)CN2)c(=O)[nH]1.Cl. The minimum Gasteiger partial charge on any atom is -0.354 e. The topological polar surface area (TPSA) is 86.9 Å². The van der Waals surface area contributed by atoms with Crippen molar-refractivity contribution in [3.63, 3.8) is 0 Å². The van der Waals surface area contributed by atoms with Crippen LogP contribution >= 0.6 is 12.4 Å². The predicted molar refractivity (Wildman–Crippen MR) is 84.2 cm³/mol. The summed E-state index contributed by atoms with van der Waals surface area (Å²) >= 11 is 0. The molecule has 22 heavy (non-hydrogen) atoms. The number of nitrogens with one attached hydrogen (secondary N) is 3. The lowest BCUT2D eigenvalue weighted by atomic mass is 10.1. The summed E-state index contributed by atoms with van der Waals surface area (Å²) in [6.07, 6.45) is 0.194. The highest BCUT2D eigenvalue weighted by Crippen LogP contribution is 2.09. The van der Waals surface area contributed by atoms with Crippen LogP contribution in [0.15, 0.2) is 4.79 Å². The van der Waals surface area contributed by atoms with Crippen molar-refractivity contribution in [2.45, 2.75) is 45.3 Å². The molecule has 1 fully saturated rings. The molecule has 0 spiro atoms. The maximum absolute atomic E-state index is 13.0. The van der Waals surface area contributed by atoms with Gasteiger partial charge in [0.1, 0.15) is 12.0 Å². The third kappa shape index (κ3) is 4.78. The van der Waals surface area contributed by atoms with E-state index in [1.165, 1.54) is 0 Å². The van der Waals surface area contributed by atoms with Crippen molar-refractivity contribution in [2.24, 2.45) is 0 Å². The Morgan fingerprint density at radius 2 is 2.23 bits per heavy atom. The van der Waals surface area contributed by atoms with Gasteiger partial charge in [-0.3, -0.25) is 9.59 Å². The maximum Gasteiger partial charge on any atom is 0.254 e. The van der Waals surface area contributed by atoms with Crippen LogP contribution in [0.3, 0.4) is 0 Å². The smallest absolute Gasteiger partial charge is 0.254 e. The minimum absolute atomic E-state index is 0. The van der Waals surface area contributed by atoms with Crippen molar-refractivity contribution in [3.8, 4) is 0 Å². The summed E-state index contributed by atoms with van der Waals surface area (Å²) in [6.45, 7) is 4.33. The average Bonchev–Trinajstić information content (AvgIpc) is 2.86. The molecular weight excluding hydrogens is 311 g/mol. The quantitative estimate of drug-likeness (QED) is 0.729. The molecule has 1 saturated heterocycles. The number of halogens is 2. The standard InChI is InChI=1S/C14H21FN4O2.ClH/c1-3-12-18-8(2)11(14(21)19-12)5-13(20)17-7-10-4-9(15)6-16-10;/h9-10,16H,3-7H2,1-2H3,(H,17,20)(H,18,19,21);1H/t9-,10-;/m0./s1. The number of aromatic amines is 1. The third-order valence-corrected chi connectivity index (χ3v) is 3.66. The van der Waals surface area contributed by atoms with Crippen molar-refractivity contribution in [2.75, 3.05) is 13.1 Å². The number of amides is 1. The molecule has 124 valence electrons. The Balaban J connectivity index is 0.00000242. The van der Waals surface area contributed by atoms with E-state index in [0.29, 0.717) is 43.0 Å². The van der Waals surface area contributed by atoms with Crippen LogP contribution in [0.4, 0.5) is 4.39 Å². The van der Waals surface area contributed by atoms with E-state index in [0.717, 1.165) is 0 Å². The number of H-pyrrole nitrogens is 1. The minimum atomic E-state index is -0.845. The summed E-state index contributed by atoms with van der Waals surface area (Å²) in [7, 11) is 0. The molecular formula is C14H22ClFN4O2. The van der Waals surface area contributed by atoms with Gasteiger partial charge >= 0.3 is 0 Å². The second kappa shape index (κ2) is 8.24. The van der Waals surface area contributed by atoms with Gasteiger partial charge in [0.15, 0.2) is 0 Å². The first-order valence-electron chi connectivity index (χ1n) is 7.22. The van der Waals surface area contributed by atoms with Crippen LogP contribution in [-0.2, 0) is 17.6 Å². The number of nitrogens with zero attached hydrogens (tertiary/aromatic N) is 1. The number of aromatic nitrogens is 2. The molecule has 1 aliphatic heterocycles. The van der Waals surface area contributed by atoms with Gasteiger partial charge in [0.25, 0.3) is 5.56 Å². The summed E-state index contributed by atoms with van der Waals surface area (Å²) in [5.41, 5.74) is 0.693. The van der Waals surface area contributed by atoms with Gasteiger partial charge in [-0.25, -0.2) is 9.37 Å². The van der Waals surface area contributed by atoms with Gasteiger partial charge in [-0.1, -0.05) is 6.92 Å². The van der Waals surface area contributed by atoms with Crippen LogP contribution < -0.4 is 16.2 Å². The van der Waals surface area contributed by atoms with E-state index in [9.17, 15) is 14.0 Å². The number of carbonyl (C=O) groups excluding carboxylic acids is 1. The predicted octanol–water partition coefficient (Wildman–Crippen LogP) is 0.421. The molecule has 3 N–H and O–H groups in total. The average molecular weight is 333 g/mol. The highest BCUT2D eigenvalue weighted by Gasteiger charge is 2.23. The molecule has 6 nitrogen and oxygen atoms in total. The largest absolute Gasteiger partial charge is 0.354 e. The van der Waals surface area contributed by atoms with Crippen LogP contribution in [0.2, 0.25) is 0 Å². The molecule has 1 amide bonds. The molecule has 1 aromatic rings. The van der Waals surface area contributed by atoms with Crippen molar-refractivity contribution in [1.82, 2.24) is 20.6 Å². The second-order valence-electron chi connectivity index (χ2n) is 5.35. The van der Waals surface area contributed by atoms with E-state index in [4.69, 9.17) is 0 Å². The fraction of sp³-hybridized carbons (Fsp3) is 0.643. The van der Waals surface area contributed by atoms with Crippen LogP contribution in [0, 0.1) is 6.92 Å². The zero-order valence-corrected chi connectivity index (χ0v) is 13.6. The Hall–Kier alpha value is -1.47. The van der Waals surface area contributed by atoms with Crippen molar-refractivity contribution in [1.29, 1.82) is 0 Å². The van der Waals surface area contributed by atoms with E-state index < -0.39 is 6.17 Å². The summed E-state index contributed by atoms with van der Waals surface area (Å²) in [5.74, 6) is 0.365. The molecule has 0 saturated carbocycles. The number of alkyl halides is 1. The first-order chi connectivity index (χ1) is 9.99. The Morgan fingerprint density at radius 1 is 1.50 bits per heavy atom. The van der Waals surface area contributed by atoms with Gasteiger partial charge in [0.2, 0.25) is 5.91 Å². The van der Waals surface area contributed by atoms with E-state index >= 15 is 0 Å². The molecule has 2 atom stereocenters. The first-order valence-corrected chi connectivity index (χ1v) is 7.22. The lowest BCUT2D eigenvalue weighted by molar-refractivity contribution is -0.120. The molecule has 0 bridgehead atoms. The molecule has 8 heteroatoms. The van der Waals surface area contributed by atoms with Crippen molar-refractivity contribution >= 4 is 18.3 Å². The fourth-order valence-electron chi connectivity index (χ4n) is 2.43. The Labute approximate surface area is 134 Å². The number of carbonyl (C=O) groups is 1.